The van der Waals surface area contributed by atoms with E-state index in [1.54, 1.807) is 0 Å². The van der Waals surface area contributed by atoms with Crippen molar-refractivity contribution < 1.29 is 14.3 Å². The minimum Gasteiger partial charge on any atom is -0.490 e. The molecule has 4 rings (SSSR count). The molecule has 1 aliphatic rings. The lowest BCUT2D eigenvalue weighted by Gasteiger charge is -2.11. The van der Waals surface area contributed by atoms with E-state index in [-0.39, 0.29) is 5.75 Å². The van der Waals surface area contributed by atoms with Crippen LogP contribution in [0, 0.1) is 0 Å². The zero-order valence-electron chi connectivity index (χ0n) is 15.2. The van der Waals surface area contributed by atoms with Gasteiger partial charge in [0.25, 0.3) is 0 Å². The van der Waals surface area contributed by atoms with Gasteiger partial charge in [-0.25, -0.2) is 0 Å². The molecule has 144 valence electrons. The molecule has 0 atom stereocenters. The molecule has 0 saturated heterocycles. The molecule has 3 aromatic rings. The predicted molar refractivity (Wildman–Crippen MR) is 106 cm³/mol. The highest BCUT2D eigenvalue weighted by Crippen LogP contribution is 2.31. The maximum absolute atomic E-state index is 11.2. The predicted octanol–water partition coefficient (Wildman–Crippen LogP) is 2.60. The number of nitrogens with two attached hydrogens (primary N) is 1. The minimum atomic E-state index is -0.392. The van der Waals surface area contributed by atoms with Crippen LogP contribution in [0.15, 0.2) is 53.7 Å². The van der Waals surface area contributed by atoms with Gasteiger partial charge in [0, 0.05) is 18.5 Å². The molecule has 7 nitrogen and oxygen atoms in total. The average Bonchev–Trinajstić information content (AvgIpc) is 2.95. The van der Waals surface area contributed by atoms with Gasteiger partial charge in [-0.2, -0.15) is 0 Å². The van der Waals surface area contributed by atoms with Gasteiger partial charge in [0.15, 0.2) is 16.7 Å². The summed E-state index contributed by atoms with van der Waals surface area (Å²) in [5.41, 5.74) is 7.27. The number of amides is 1. The molecule has 8 heteroatoms. The summed E-state index contributed by atoms with van der Waals surface area (Å²) in [5.74, 6) is 2.05. The fraction of sp³-hybridized carbons (Fsp3) is 0.250. The van der Waals surface area contributed by atoms with Gasteiger partial charge in [-0.1, -0.05) is 36.0 Å². The van der Waals surface area contributed by atoms with Crippen molar-refractivity contribution in [3.8, 4) is 17.2 Å². The first kappa shape index (κ1) is 18.4. The number of rotatable bonds is 6. The fourth-order valence-electron chi connectivity index (χ4n) is 2.98. The molecule has 0 saturated carbocycles. The molecule has 0 bridgehead atoms. The maximum Gasteiger partial charge on any atom is 0.227 e. The highest BCUT2D eigenvalue weighted by molar-refractivity contribution is 7.99. The summed E-state index contributed by atoms with van der Waals surface area (Å²) in [5, 5.41) is 9.27. The van der Waals surface area contributed by atoms with Gasteiger partial charge in [-0.15, -0.1) is 10.2 Å². The van der Waals surface area contributed by atoms with Crippen LogP contribution in [0.2, 0.25) is 0 Å². The van der Waals surface area contributed by atoms with Crippen molar-refractivity contribution >= 4 is 17.7 Å². The first-order valence-corrected chi connectivity index (χ1v) is 9.98. The Hall–Kier alpha value is -3.00. The van der Waals surface area contributed by atoms with Gasteiger partial charge in [0.05, 0.1) is 19.0 Å². The lowest BCUT2D eigenvalue weighted by atomic mass is 10.1. The SMILES string of the molecule is NC(=O)CSc1nnc(Cc2ccc3c(c2)OCCCO3)n1-c1ccccc1. The number of primary amides is 1. The molecule has 0 unspecified atom stereocenters. The summed E-state index contributed by atoms with van der Waals surface area (Å²) < 4.78 is 13.4. The minimum absolute atomic E-state index is 0.148. The van der Waals surface area contributed by atoms with E-state index in [0.29, 0.717) is 24.8 Å². The number of para-hydroxylation sites is 1. The molecule has 0 aliphatic carbocycles. The van der Waals surface area contributed by atoms with Crippen LogP contribution in [-0.4, -0.2) is 39.6 Å². The third kappa shape index (κ3) is 4.12. The summed E-state index contributed by atoms with van der Waals surface area (Å²) in [6, 6.07) is 15.7. The summed E-state index contributed by atoms with van der Waals surface area (Å²) in [7, 11) is 0. The summed E-state index contributed by atoms with van der Waals surface area (Å²) in [4.78, 5) is 11.2. The third-order valence-electron chi connectivity index (χ3n) is 4.23. The number of nitrogens with zero attached hydrogens (tertiary/aromatic N) is 3. The lowest BCUT2D eigenvalue weighted by molar-refractivity contribution is -0.115. The van der Waals surface area contributed by atoms with Gasteiger partial charge < -0.3 is 15.2 Å². The van der Waals surface area contributed by atoms with Crippen LogP contribution in [0.3, 0.4) is 0 Å². The number of carbonyl (C=O) groups is 1. The number of ether oxygens (including phenoxy) is 2. The first-order valence-electron chi connectivity index (χ1n) is 9.00. The average molecular weight is 396 g/mol. The van der Waals surface area contributed by atoms with Crippen LogP contribution < -0.4 is 15.2 Å². The standard InChI is InChI=1S/C20H20N4O3S/c21-18(25)13-28-20-23-22-19(24(20)15-5-2-1-3-6-15)12-14-7-8-16-17(11-14)27-10-4-9-26-16/h1-3,5-8,11H,4,9-10,12-13H2,(H2,21,25). The Labute approximate surface area is 166 Å². The first-order chi connectivity index (χ1) is 13.7. The van der Waals surface area contributed by atoms with E-state index in [2.05, 4.69) is 10.2 Å². The lowest BCUT2D eigenvalue weighted by Crippen LogP contribution is -2.14. The molecule has 1 aliphatic heterocycles. The highest BCUT2D eigenvalue weighted by Gasteiger charge is 2.17. The van der Waals surface area contributed by atoms with Gasteiger partial charge >= 0.3 is 0 Å². The zero-order chi connectivity index (χ0) is 19.3. The van der Waals surface area contributed by atoms with E-state index in [0.717, 1.165) is 35.0 Å². The molecule has 2 heterocycles. The number of hydrogen-bond donors (Lipinski definition) is 1. The number of hydrogen-bond acceptors (Lipinski definition) is 6. The van der Waals surface area contributed by atoms with Crippen molar-refractivity contribution in [3.63, 3.8) is 0 Å². The van der Waals surface area contributed by atoms with E-state index >= 15 is 0 Å². The summed E-state index contributed by atoms with van der Waals surface area (Å²) in [6.07, 6.45) is 1.43. The van der Waals surface area contributed by atoms with Crippen molar-refractivity contribution in [1.29, 1.82) is 0 Å². The molecule has 28 heavy (non-hydrogen) atoms. The summed E-state index contributed by atoms with van der Waals surface area (Å²) >= 11 is 1.28. The maximum atomic E-state index is 11.2. The largest absolute Gasteiger partial charge is 0.490 e. The van der Waals surface area contributed by atoms with Crippen molar-refractivity contribution in [1.82, 2.24) is 14.8 Å². The van der Waals surface area contributed by atoms with Crippen molar-refractivity contribution in [3.05, 3.63) is 59.9 Å². The van der Waals surface area contributed by atoms with Crippen LogP contribution in [0.4, 0.5) is 0 Å². The highest BCUT2D eigenvalue weighted by atomic mass is 32.2. The number of benzene rings is 2. The second-order valence-corrected chi connectivity index (χ2v) is 7.28. The van der Waals surface area contributed by atoms with Gasteiger partial charge in [0.1, 0.15) is 5.82 Å². The smallest absolute Gasteiger partial charge is 0.227 e. The van der Waals surface area contributed by atoms with Crippen LogP contribution in [0.5, 0.6) is 11.5 Å². The second-order valence-electron chi connectivity index (χ2n) is 6.33. The Balaban J connectivity index is 1.66. The van der Waals surface area contributed by atoms with Crippen LogP contribution in [0.25, 0.3) is 5.69 Å². The Morgan fingerprint density at radius 1 is 1.07 bits per heavy atom. The molecular formula is C20H20N4O3S. The number of carbonyl (C=O) groups excluding carboxylic acids is 1. The van der Waals surface area contributed by atoms with E-state index in [9.17, 15) is 4.79 Å². The van der Waals surface area contributed by atoms with Crippen molar-refractivity contribution in [2.24, 2.45) is 5.73 Å². The topological polar surface area (TPSA) is 92.3 Å². The molecule has 0 radical (unpaired) electrons. The Bertz CT molecular complexity index is 975. The molecule has 1 aromatic heterocycles. The van der Waals surface area contributed by atoms with Crippen LogP contribution in [-0.2, 0) is 11.2 Å². The molecule has 0 spiro atoms. The van der Waals surface area contributed by atoms with Crippen LogP contribution in [0.1, 0.15) is 17.8 Å². The monoisotopic (exact) mass is 396 g/mol. The van der Waals surface area contributed by atoms with E-state index in [1.807, 2.05) is 53.1 Å². The van der Waals surface area contributed by atoms with Crippen molar-refractivity contribution in [2.75, 3.05) is 19.0 Å². The van der Waals surface area contributed by atoms with Gasteiger partial charge in [-0.3, -0.25) is 9.36 Å². The normalized spacial score (nSPS) is 13.1. The Morgan fingerprint density at radius 2 is 1.86 bits per heavy atom. The summed E-state index contributed by atoms with van der Waals surface area (Å²) in [6.45, 7) is 1.31. The second kappa shape index (κ2) is 8.35. The van der Waals surface area contributed by atoms with E-state index in [4.69, 9.17) is 15.2 Å². The molecule has 2 aromatic carbocycles. The molecule has 0 fully saturated rings. The van der Waals surface area contributed by atoms with E-state index < -0.39 is 5.91 Å². The van der Waals surface area contributed by atoms with E-state index in [1.165, 1.54) is 11.8 Å². The molecular weight excluding hydrogens is 376 g/mol. The fourth-order valence-corrected chi connectivity index (χ4v) is 3.69. The zero-order valence-corrected chi connectivity index (χ0v) is 16.0. The van der Waals surface area contributed by atoms with Crippen molar-refractivity contribution in [2.45, 2.75) is 18.0 Å². The number of fused-ring (bicyclic) bond motifs is 1. The van der Waals surface area contributed by atoms with Gasteiger partial charge in [-0.05, 0) is 29.8 Å². The Morgan fingerprint density at radius 3 is 2.64 bits per heavy atom. The molecule has 1 amide bonds. The number of thioether (sulfide) groups is 1. The van der Waals surface area contributed by atoms with Gasteiger partial charge in [0.2, 0.25) is 5.91 Å². The Kier molecular flexibility index (Phi) is 5.48. The number of aromatic nitrogens is 3. The van der Waals surface area contributed by atoms with Crippen LogP contribution >= 0.6 is 11.8 Å². The quantitative estimate of drug-likeness (QED) is 0.644. The molecule has 2 N–H and O–H groups in total. The third-order valence-corrected chi connectivity index (χ3v) is 5.18.